The van der Waals surface area contributed by atoms with Crippen molar-refractivity contribution in [1.29, 1.82) is 0 Å². The van der Waals surface area contributed by atoms with E-state index >= 15 is 0 Å². The summed E-state index contributed by atoms with van der Waals surface area (Å²) >= 11 is -2.17. The molecule has 0 spiro atoms. The Bertz CT molecular complexity index is 1030. The van der Waals surface area contributed by atoms with Gasteiger partial charge in [0, 0.05) is 18.9 Å². The van der Waals surface area contributed by atoms with Gasteiger partial charge in [-0.2, -0.15) is 0 Å². The standard InChI is InChI=1S/C17H14F2N4O3S/c18-11-6-10(2-1-3-23-27(25)26)16(19)12(7-11)17(24)14-8-13-15(9-22-14)21-5-4-20-13/h4-9,23H,1-3H2,(H,25,26). The van der Waals surface area contributed by atoms with Gasteiger partial charge in [-0.15, -0.1) is 0 Å². The molecule has 0 saturated heterocycles. The van der Waals surface area contributed by atoms with Crippen molar-refractivity contribution in [3.05, 3.63) is 65.2 Å². The molecule has 3 aromatic rings. The van der Waals surface area contributed by atoms with Crippen LogP contribution in [0.5, 0.6) is 0 Å². The van der Waals surface area contributed by atoms with Crippen molar-refractivity contribution in [3.63, 3.8) is 0 Å². The number of hydrogen-bond donors (Lipinski definition) is 2. The lowest BCUT2D eigenvalue weighted by molar-refractivity contribution is 0.103. The SMILES string of the molecule is O=C(c1cc2nccnc2cn1)c1cc(F)cc(CCCNS(=O)O)c1F. The minimum Gasteiger partial charge on any atom is -0.294 e. The molecule has 0 aliphatic rings. The topological polar surface area (TPSA) is 105 Å². The van der Waals surface area contributed by atoms with Crippen LogP contribution in [-0.4, -0.2) is 36.0 Å². The molecule has 0 aliphatic heterocycles. The smallest absolute Gasteiger partial charge is 0.231 e. The number of halogens is 2. The molecule has 2 heterocycles. The van der Waals surface area contributed by atoms with Crippen LogP contribution in [-0.2, 0) is 17.7 Å². The number of rotatable bonds is 7. The quantitative estimate of drug-likeness (QED) is 0.363. The van der Waals surface area contributed by atoms with Crippen LogP contribution in [0.2, 0.25) is 0 Å². The summed E-state index contributed by atoms with van der Waals surface area (Å²) in [7, 11) is 0. The molecule has 0 radical (unpaired) electrons. The van der Waals surface area contributed by atoms with Crippen molar-refractivity contribution >= 4 is 28.1 Å². The highest BCUT2D eigenvalue weighted by Gasteiger charge is 2.20. The van der Waals surface area contributed by atoms with Gasteiger partial charge in [0.05, 0.1) is 17.3 Å². The second-order valence-corrected chi connectivity index (χ2v) is 6.40. The molecule has 0 bridgehead atoms. The maximum Gasteiger partial charge on any atom is 0.231 e. The maximum absolute atomic E-state index is 14.7. The first-order valence-corrected chi connectivity index (χ1v) is 9.00. The number of aromatic nitrogens is 3. The second-order valence-electron chi connectivity index (χ2n) is 5.62. The molecule has 2 N–H and O–H groups in total. The van der Waals surface area contributed by atoms with Gasteiger partial charge < -0.3 is 0 Å². The van der Waals surface area contributed by atoms with Gasteiger partial charge in [0.25, 0.3) is 0 Å². The molecule has 1 atom stereocenters. The molecule has 0 fully saturated rings. The molecule has 10 heteroatoms. The lowest BCUT2D eigenvalue weighted by atomic mass is 10.0. The normalized spacial score (nSPS) is 12.3. The van der Waals surface area contributed by atoms with E-state index in [1.54, 1.807) is 0 Å². The zero-order chi connectivity index (χ0) is 19.4. The number of fused-ring (bicyclic) bond motifs is 1. The summed E-state index contributed by atoms with van der Waals surface area (Å²) in [6.07, 6.45) is 4.64. The first-order valence-electron chi connectivity index (χ1n) is 7.89. The molecule has 0 aliphatic carbocycles. The van der Waals surface area contributed by atoms with Gasteiger partial charge in [-0.25, -0.2) is 17.7 Å². The molecule has 27 heavy (non-hydrogen) atoms. The molecular weight excluding hydrogens is 378 g/mol. The fourth-order valence-corrected chi connectivity index (χ4v) is 2.88. The van der Waals surface area contributed by atoms with E-state index in [1.807, 2.05) is 0 Å². The number of aryl methyl sites for hydroxylation is 1. The molecule has 140 valence electrons. The lowest BCUT2D eigenvalue weighted by Gasteiger charge is -2.09. The number of benzene rings is 1. The number of pyridine rings is 1. The van der Waals surface area contributed by atoms with Crippen molar-refractivity contribution in [3.8, 4) is 0 Å². The van der Waals surface area contributed by atoms with Crippen molar-refractivity contribution in [2.24, 2.45) is 0 Å². The van der Waals surface area contributed by atoms with Crippen molar-refractivity contribution < 1.29 is 22.3 Å². The van der Waals surface area contributed by atoms with E-state index in [0.717, 1.165) is 12.1 Å². The number of carbonyl (C=O) groups excluding carboxylic acids is 1. The highest BCUT2D eigenvalue weighted by atomic mass is 32.2. The van der Waals surface area contributed by atoms with Gasteiger partial charge in [0.15, 0.2) is 0 Å². The fourth-order valence-electron chi connectivity index (χ4n) is 2.56. The predicted octanol–water partition coefficient (Wildman–Crippen LogP) is 2.19. The fraction of sp³-hybridized carbons (Fsp3) is 0.176. The summed E-state index contributed by atoms with van der Waals surface area (Å²) < 4.78 is 50.0. The highest BCUT2D eigenvalue weighted by molar-refractivity contribution is 7.77. The molecule has 2 aromatic heterocycles. The van der Waals surface area contributed by atoms with E-state index in [2.05, 4.69) is 19.7 Å². The molecule has 0 saturated carbocycles. The maximum atomic E-state index is 14.7. The Kier molecular flexibility index (Phi) is 5.89. The Morgan fingerprint density at radius 2 is 1.85 bits per heavy atom. The number of ketones is 1. The average Bonchev–Trinajstić information content (AvgIpc) is 2.66. The summed E-state index contributed by atoms with van der Waals surface area (Å²) in [5.74, 6) is -2.36. The van der Waals surface area contributed by atoms with Crippen LogP contribution < -0.4 is 4.72 Å². The van der Waals surface area contributed by atoms with Gasteiger partial charge in [0.1, 0.15) is 22.8 Å². The van der Waals surface area contributed by atoms with Crippen LogP contribution in [0.1, 0.15) is 28.0 Å². The molecule has 1 aromatic carbocycles. The minimum absolute atomic E-state index is 0.00412. The molecule has 7 nitrogen and oxygen atoms in total. The average molecular weight is 392 g/mol. The Morgan fingerprint density at radius 1 is 1.11 bits per heavy atom. The van der Waals surface area contributed by atoms with Gasteiger partial charge in [-0.1, -0.05) is 0 Å². The number of nitrogens with one attached hydrogen (secondary N) is 1. The summed E-state index contributed by atoms with van der Waals surface area (Å²) in [5, 5.41) is 0. The van der Waals surface area contributed by atoms with E-state index in [9.17, 15) is 17.8 Å². The van der Waals surface area contributed by atoms with E-state index in [-0.39, 0.29) is 30.6 Å². The Morgan fingerprint density at radius 3 is 2.59 bits per heavy atom. The number of nitrogens with zero attached hydrogens (tertiary/aromatic N) is 3. The zero-order valence-corrected chi connectivity index (χ0v) is 14.7. The molecule has 0 amide bonds. The van der Waals surface area contributed by atoms with Crippen molar-refractivity contribution in [2.45, 2.75) is 12.8 Å². The third-order valence-electron chi connectivity index (χ3n) is 3.79. The third-order valence-corrected chi connectivity index (χ3v) is 4.25. The number of hydrogen-bond acceptors (Lipinski definition) is 5. The zero-order valence-electron chi connectivity index (χ0n) is 13.9. The molecular formula is C17H14F2N4O3S. The summed E-state index contributed by atoms with van der Waals surface area (Å²) in [6, 6.07) is 3.20. The Hall–Kier alpha value is -2.69. The van der Waals surface area contributed by atoms with E-state index in [1.165, 1.54) is 24.7 Å². The van der Waals surface area contributed by atoms with Crippen LogP contribution in [0.4, 0.5) is 8.78 Å². The van der Waals surface area contributed by atoms with Crippen LogP contribution in [0.25, 0.3) is 11.0 Å². The van der Waals surface area contributed by atoms with Gasteiger partial charge >= 0.3 is 0 Å². The van der Waals surface area contributed by atoms with Gasteiger partial charge in [-0.3, -0.25) is 24.3 Å². The van der Waals surface area contributed by atoms with Crippen molar-refractivity contribution in [2.75, 3.05) is 6.54 Å². The van der Waals surface area contributed by atoms with Crippen LogP contribution in [0.3, 0.4) is 0 Å². The van der Waals surface area contributed by atoms with Crippen LogP contribution in [0, 0.1) is 11.6 Å². The largest absolute Gasteiger partial charge is 0.294 e. The lowest BCUT2D eigenvalue weighted by Crippen LogP contribution is -2.18. The first kappa shape index (κ1) is 19.1. The third kappa shape index (κ3) is 4.54. The Balaban J connectivity index is 1.88. The minimum atomic E-state index is -2.17. The van der Waals surface area contributed by atoms with Crippen LogP contribution in [0.15, 0.2) is 36.8 Å². The monoisotopic (exact) mass is 392 g/mol. The van der Waals surface area contributed by atoms with E-state index < -0.39 is 34.2 Å². The second kappa shape index (κ2) is 8.33. The molecule has 3 rings (SSSR count). The van der Waals surface area contributed by atoms with Gasteiger partial charge in [0.2, 0.25) is 17.0 Å². The van der Waals surface area contributed by atoms with Gasteiger partial charge in [-0.05, 0) is 36.6 Å². The summed E-state index contributed by atoms with van der Waals surface area (Å²) in [4.78, 5) is 24.7. The molecule has 1 unspecified atom stereocenters. The van der Waals surface area contributed by atoms with E-state index in [4.69, 9.17) is 4.55 Å². The first-order chi connectivity index (χ1) is 13.0. The summed E-state index contributed by atoms with van der Waals surface area (Å²) in [5.41, 5.74) is 0.388. The number of carbonyl (C=O) groups is 1. The van der Waals surface area contributed by atoms with Crippen molar-refractivity contribution in [1.82, 2.24) is 19.7 Å². The highest BCUT2D eigenvalue weighted by Crippen LogP contribution is 2.21. The van der Waals surface area contributed by atoms with Crippen LogP contribution >= 0.6 is 0 Å². The summed E-state index contributed by atoms with van der Waals surface area (Å²) in [6.45, 7) is 0.132. The Labute approximate surface area is 155 Å². The predicted molar refractivity (Wildman–Crippen MR) is 94.2 cm³/mol. The van der Waals surface area contributed by atoms with E-state index in [0.29, 0.717) is 11.0 Å².